The molecule has 0 aromatic carbocycles. The van der Waals surface area contributed by atoms with Crippen LogP contribution in [0.1, 0.15) is 39.2 Å². The molecule has 1 aliphatic carbocycles. The Balaban J connectivity index is 1.80. The zero-order valence-corrected chi connectivity index (χ0v) is 19.5. The molecule has 3 heterocycles. The fraction of sp³-hybridized carbons (Fsp3) is 0.682. The summed E-state index contributed by atoms with van der Waals surface area (Å²) >= 11 is 0. The molecule has 1 aliphatic heterocycles. The summed E-state index contributed by atoms with van der Waals surface area (Å²) < 4.78 is 28.1. The van der Waals surface area contributed by atoms with Crippen LogP contribution in [0.2, 0.25) is 0 Å². The summed E-state index contributed by atoms with van der Waals surface area (Å²) in [6, 6.07) is -0.732. The maximum atomic E-state index is 15.5. The Labute approximate surface area is 196 Å². The average Bonchev–Trinajstić information content (AvgIpc) is 3.40. The van der Waals surface area contributed by atoms with Gasteiger partial charge in [-0.15, -0.1) is 0 Å². The van der Waals surface area contributed by atoms with Crippen molar-refractivity contribution in [3.05, 3.63) is 6.33 Å². The molecule has 3 unspecified atom stereocenters. The second-order valence-corrected chi connectivity index (χ2v) is 9.38. The Kier molecular flexibility index (Phi) is 6.61. The predicted octanol–water partition coefficient (Wildman–Crippen LogP) is 2.05. The Morgan fingerprint density at radius 1 is 1.44 bits per heavy atom. The van der Waals surface area contributed by atoms with E-state index in [1.165, 1.54) is 13.3 Å². The van der Waals surface area contributed by atoms with Gasteiger partial charge in [0.05, 0.1) is 24.9 Å². The molecule has 186 valence electrons. The van der Waals surface area contributed by atoms with Crippen LogP contribution < -0.4 is 11.1 Å². The molecule has 2 aromatic heterocycles. The van der Waals surface area contributed by atoms with Crippen LogP contribution in [-0.2, 0) is 19.1 Å². The van der Waals surface area contributed by atoms with E-state index in [1.807, 2.05) is 6.92 Å². The molecule has 0 amide bonds. The maximum absolute atomic E-state index is 15.5. The largest absolute Gasteiger partial charge is 0.481 e. The number of esters is 1. The average molecular weight is 479 g/mol. The van der Waals surface area contributed by atoms with Crippen molar-refractivity contribution in [1.29, 1.82) is 0 Å². The van der Waals surface area contributed by atoms with E-state index in [1.54, 1.807) is 11.6 Å². The van der Waals surface area contributed by atoms with Crippen molar-refractivity contribution in [2.75, 3.05) is 37.9 Å². The number of fused-ring (bicyclic) bond motifs is 1. The van der Waals surface area contributed by atoms with Crippen LogP contribution >= 0.6 is 0 Å². The van der Waals surface area contributed by atoms with E-state index >= 15 is 4.39 Å². The minimum atomic E-state index is -1.25. The number of nitrogen functional groups attached to an aromatic ring is 1. The molecule has 12 heteroatoms. The lowest BCUT2D eigenvalue weighted by Crippen LogP contribution is -2.51. The number of aliphatic carboxylic acids is 1. The van der Waals surface area contributed by atoms with E-state index in [0.29, 0.717) is 36.6 Å². The molecule has 1 saturated heterocycles. The summed E-state index contributed by atoms with van der Waals surface area (Å²) in [6.45, 7) is 3.86. The molecule has 4 N–H and O–H groups in total. The smallest absolute Gasteiger partial charge is 0.310 e. The van der Waals surface area contributed by atoms with Gasteiger partial charge < -0.3 is 30.2 Å². The molecule has 4 rings (SSSR count). The van der Waals surface area contributed by atoms with Gasteiger partial charge in [0.2, 0.25) is 5.95 Å². The molecule has 0 bridgehead atoms. The van der Waals surface area contributed by atoms with Crippen molar-refractivity contribution in [3.8, 4) is 0 Å². The predicted molar refractivity (Wildman–Crippen MR) is 121 cm³/mol. The number of aromatic nitrogens is 4. The number of carbonyl (C=O) groups is 2. The molecule has 2 aromatic rings. The third kappa shape index (κ3) is 4.15. The van der Waals surface area contributed by atoms with Crippen molar-refractivity contribution in [2.45, 2.75) is 45.3 Å². The lowest BCUT2D eigenvalue weighted by atomic mass is 9.55. The maximum Gasteiger partial charge on any atom is 0.310 e. The van der Waals surface area contributed by atoms with Crippen LogP contribution in [-0.4, -0.2) is 69.6 Å². The van der Waals surface area contributed by atoms with Crippen LogP contribution in [0.4, 0.5) is 16.2 Å². The molecular formula is C22H31FN6O5. The van der Waals surface area contributed by atoms with Gasteiger partial charge in [-0.3, -0.25) is 9.59 Å². The number of nitrogens with one attached hydrogen (secondary N) is 1. The summed E-state index contributed by atoms with van der Waals surface area (Å²) in [5.74, 6) is -2.26. The monoisotopic (exact) mass is 478 g/mol. The second-order valence-electron chi connectivity index (χ2n) is 9.38. The summed E-state index contributed by atoms with van der Waals surface area (Å²) in [5.41, 5.74) is 5.85. The van der Waals surface area contributed by atoms with E-state index in [0.717, 1.165) is 0 Å². The van der Waals surface area contributed by atoms with E-state index in [9.17, 15) is 14.7 Å². The lowest BCUT2D eigenvalue weighted by molar-refractivity contribution is -0.162. The van der Waals surface area contributed by atoms with Crippen molar-refractivity contribution < 1.29 is 28.6 Å². The number of carboxylic acid groups (broad SMARTS) is 1. The number of nitrogens with two attached hydrogens (primary N) is 1. The quantitative estimate of drug-likeness (QED) is 0.504. The van der Waals surface area contributed by atoms with Crippen molar-refractivity contribution in [2.24, 2.45) is 23.2 Å². The number of halogens is 1. The van der Waals surface area contributed by atoms with Crippen molar-refractivity contribution in [3.63, 3.8) is 0 Å². The van der Waals surface area contributed by atoms with Gasteiger partial charge in [0, 0.05) is 20.6 Å². The summed E-state index contributed by atoms with van der Waals surface area (Å²) in [4.78, 5) is 36.9. The lowest BCUT2D eigenvalue weighted by Gasteiger charge is -2.50. The number of nitrogens with zero attached hydrogens (tertiary/aromatic N) is 4. The Morgan fingerprint density at radius 3 is 2.82 bits per heavy atom. The number of carboxylic acids is 1. The highest BCUT2D eigenvalue weighted by Gasteiger charge is 2.56. The summed E-state index contributed by atoms with van der Waals surface area (Å²) in [6.07, 6.45) is 0.947. The fourth-order valence-corrected chi connectivity index (χ4v) is 5.83. The number of hydrogen-bond donors (Lipinski definition) is 3. The van der Waals surface area contributed by atoms with Crippen LogP contribution in [0, 0.1) is 23.2 Å². The topological polar surface area (TPSA) is 154 Å². The van der Waals surface area contributed by atoms with Gasteiger partial charge in [0.15, 0.2) is 17.0 Å². The van der Waals surface area contributed by atoms with E-state index < -0.39 is 35.5 Å². The standard InChI is InChI=1S/C22H31FN6O5/c1-11-7-33-8-13(11)22(14(20(31)32)9-34-12(2)30)5-4-15(23)16(6-22)29-10-26-17-18(25-3)27-21(24)28-19(17)29/h10-11,13-16H,4-9H2,1-3H3,(H,31,32)(H3,24,25,27,28)/t11?,13?,14-,15-,16-,22?/m1/s1. The van der Waals surface area contributed by atoms with E-state index in [2.05, 4.69) is 20.3 Å². The third-order valence-corrected chi connectivity index (χ3v) is 7.47. The van der Waals surface area contributed by atoms with Crippen LogP contribution in [0.5, 0.6) is 0 Å². The first-order valence-corrected chi connectivity index (χ1v) is 11.4. The molecular weight excluding hydrogens is 447 g/mol. The van der Waals surface area contributed by atoms with Crippen LogP contribution in [0.15, 0.2) is 6.33 Å². The van der Waals surface area contributed by atoms with Gasteiger partial charge in [-0.25, -0.2) is 9.37 Å². The zero-order chi connectivity index (χ0) is 24.6. The van der Waals surface area contributed by atoms with Crippen LogP contribution in [0.25, 0.3) is 11.2 Å². The fourth-order valence-electron chi connectivity index (χ4n) is 5.83. The summed E-state index contributed by atoms with van der Waals surface area (Å²) in [7, 11) is 1.68. The minimum Gasteiger partial charge on any atom is -0.481 e. The Morgan fingerprint density at radius 2 is 2.21 bits per heavy atom. The number of rotatable bonds is 7. The van der Waals surface area contributed by atoms with Gasteiger partial charge in [0.25, 0.3) is 0 Å². The number of imidazole rings is 1. The van der Waals surface area contributed by atoms with Gasteiger partial charge in [-0.1, -0.05) is 6.92 Å². The normalized spacial score (nSPS) is 30.2. The minimum absolute atomic E-state index is 0.0205. The SMILES string of the molecule is CNc1nc(N)nc2c1ncn2[C@@H]1CC(C2COCC2C)([C@H](COC(C)=O)C(=O)O)CC[C@H]1F. The van der Waals surface area contributed by atoms with E-state index in [4.69, 9.17) is 15.2 Å². The Bertz CT molecular complexity index is 1080. The molecule has 11 nitrogen and oxygen atoms in total. The molecule has 6 atom stereocenters. The molecule has 2 aliphatic rings. The first-order chi connectivity index (χ1) is 16.2. The first kappa shape index (κ1) is 24.1. The number of anilines is 2. The van der Waals surface area contributed by atoms with Gasteiger partial charge in [0.1, 0.15) is 12.8 Å². The van der Waals surface area contributed by atoms with Gasteiger partial charge >= 0.3 is 11.9 Å². The number of hydrogen-bond acceptors (Lipinski definition) is 9. The van der Waals surface area contributed by atoms with E-state index in [-0.39, 0.29) is 37.2 Å². The number of ether oxygens (including phenoxy) is 2. The molecule has 1 saturated carbocycles. The highest BCUT2D eigenvalue weighted by atomic mass is 19.1. The van der Waals surface area contributed by atoms with Gasteiger partial charge in [-0.2, -0.15) is 9.97 Å². The zero-order valence-electron chi connectivity index (χ0n) is 19.5. The second kappa shape index (κ2) is 9.32. The first-order valence-electron chi connectivity index (χ1n) is 11.4. The summed E-state index contributed by atoms with van der Waals surface area (Å²) in [5, 5.41) is 13.1. The van der Waals surface area contributed by atoms with Crippen molar-refractivity contribution >= 4 is 34.9 Å². The highest BCUT2D eigenvalue weighted by Crippen LogP contribution is 2.56. The number of alkyl halides is 1. The third-order valence-electron chi connectivity index (χ3n) is 7.47. The highest BCUT2D eigenvalue weighted by molar-refractivity contribution is 5.84. The number of carbonyl (C=O) groups excluding carboxylic acids is 1. The molecule has 0 radical (unpaired) electrons. The van der Waals surface area contributed by atoms with Crippen LogP contribution in [0.3, 0.4) is 0 Å². The van der Waals surface area contributed by atoms with Crippen molar-refractivity contribution in [1.82, 2.24) is 19.5 Å². The van der Waals surface area contributed by atoms with Gasteiger partial charge in [-0.05, 0) is 36.5 Å². The molecule has 34 heavy (non-hydrogen) atoms. The molecule has 0 spiro atoms. The molecule has 2 fully saturated rings. The Hall–Kier alpha value is -3.02.